The molecule has 206 valence electrons. The first-order valence-corrected chi connectivity index (χ1v) is 13.7. The largest absolute Gasteiger partial charge is 0.485 e. The molecule has 1 aliphatic carbocycles. The Kier molecular flexibility index (Phi) is 6.07. The van der Waals surface area contributed by atoms with Crippen LogP contribution in [-0.4, -0.2) is 55.9 Å². The number of aromatic nitrogens is 4. The first-order chi connectivity index (χ1) is 19.5. The molecule has 2 aliphatic rings. The lowest BCUT2D eigenvalue weighted by Crippen LogP contribution is -2.45. The summed E-state index contributed by atoms with van der Waals surface area (Å²) >= 11 is 0. The fraction of sp³-hybridized carbons (Fsp3) is 0.367. The van der Waals surface area contributed by atoms with Gasteiger partial charge in [-0.2, -0.15) is 0 Å². The van der Waals surface area contributed by atoms with Crippen LogP contribution in [-0.2, 0) is 26.6 Å². The summed E-state index contributed by atoms with van der Waals surface area (Å²) in [6, 6.07) is 13.3. The Hall–Kier alpha value is -4.18. The predicted molar refractivity (Wildman–Crippen MR) is 149 cm³/mol. The number of hydrogen-bond acceptors (Lipinski definition) is 6. The number of carbonyl (C=O) groups is 1. The molecule has 0 bridgehead atoms. The number of hydrogen-bond donors (Lipinski definition) is 1. The van der Waals surface area contributed by atoms with Gasteiger partial charge in [-0.25, -0.2) is 9.37 Å². The van der Waals surface area contributed by atoms with Gasteiger partial charge in [-0.15, -0.1) is 0 Å². The molecule has 5 aromatic rings. The molecule has 1 aliphatic heterocycles. The average Bonchev–Trinajstić information content (AvgIpc) is 3.34. The summed E-state index contributed by atoms with van der Waals surface area (Å²) in [5, 5.41) is 5.05. The number of rotatable bonds is 9. The Balaban J connectivity index is 1.30. The van der Waals surface area contributed by atoms with Crippen molar-refractivity contribution in [1.29, 1.82) is 0 Å². The fourth-order valence-corrected chi connectivity index (χ4v) is 5.75. The van der Waals surface area contributed by atoms with Gasteiger partial charge in [0.15, 0.2) is 5.82 Å². The highest BCUT2D eigenvalue weighted by atomic mass is 19.1. The number of nitrogens with zero attached hydrogens (tertiary/aromatic N) is 5. The minimum Gasteiger partial charge on any atom is -0.485 e. The molecule has 0 radical (unpaired) electrons. The topological polar surface area (TPSA) is 104 Å². The highest BCUT2D eigenvalue weighted by Gasteiger charge is 2.29. The van der Waals surface area contributed by atoms with E-state index in [1.807, 2.05) is 25.2 Å². The van der Waals surface area contributed by atoms with Gasteiger partial charge >= 0.3 is 0 Å². The first-order valence-electron chi connectivity index (χ1n) is 13.7. The molecule has 9 nitrogen and oxygen atoms in total. The number of amides is 1. The van der Waals surface area contributed by atoms with E-state index in [-0.39, 0.29) is 12.5 Å². The number of halogens is 1. The van der Waals surface area contributed by atoms with E-state index in [0.29, 0.717) is 31.1 Å². The van der Waals surface area contributed by atoms with Gasteiger partial charge < -0.3 is 29.0 Å². The summed E-state index contributed by atoms with van der Waals surface area (Å²) < 4.78 is 28.6. The van der Waals surface area contributed by atoms with Gasteiger partial charge in [-0.3, -0.25) is 4.79 Å². The number of fused-ring (bicyclic) bond motifs is 3. The second-order valence-electron chi connectivity index (χ2n) is 11.0. The van der Waals surface area contributed by atoms with Crippen LogP contribution in [0.25, 0.3) is 33.5 Å². The molecule has 2 N–H and O–H groups in total. The lowest BCUT2D eigenvalue weighted by Gasteiger charge is -2.30. The fourth-order valence-electron chi connectivity index (χ4n) is 5.75. The Morgan fingerprint density at radius 3 is 2.88 bits per heavy atom. The number of nitrogens with two attached hydrogens (primary N) is 1. The van der Waals surface area contributed by atoms with Crippen molar-refractivity contribution in [3.63, 3.8) is 0 Å². The van der Waals surface area contributed by atoms with Crippen LogP contribution >= 0.6 is 0 Å². The Labute approximate surface area is 230 Å². The minimum absolute atomic E-state index is 0.115. The molecule has 1 fully saturated rings. The molecule has 3 aromatic heterocycles. The molecule has 0 saturated heterocycles. The van der Waals surface area contributed by atoms with Crippen molar-refractivity contribution in [2.45, 2.75) is 38.5 Å². The maximum atomic E-state index is 13.2. The summed E-state index contributed by atoms with van der Waals surface area (Å²) in [4.78, 5) is 19.9. The van der Waals surface area contributed by atoms with Crippen LogP contribution in [0, 0.1) is 5.92 Å². The zero-order chi connectivity index (χ0) is 27.4. The molecule has 7 rings (SSSR count). The first kappa shape index (κ1) is 24.8. The van der Waals surface area contributed by atoms with Crippen molar-refractivity contribution < 1.29 is 18.4 Å². The van der Waals surface area contributed by atoms with Gasteiger partial charge in [0.25, 0.3) is 5.91 Å². The van der Waals surface area contributed by atoms with E-state index in [4.69, 9.17) is 20.0 Å². The van der Waals surface area contributed by atoms with Crippen LogP contribution in [0.4, 0.5) is 4.39 Å². The number of benzene rings is 2. The molecular weight excluding hydrogens is 511 g/mol. The van der Waals surface area contributed by atoms with E-state index in [2.05, 4.69) is 32.5 Å². The van der Waals surface area contributed by atoms with E-state index in [0.717, 1.165) is 57.0 Å². The van der Waals surface area contributed by atoms with E-state index in [1.54, 1.807) is 17.2 Å². The SMILES string of the molecule is Cn1c(-c2cc3cccc(OCc4ccon4)c3n2CC2CC2)nc2cc3c(cc21)CCN(C[C@H](N)CF)C3=O. The zero-order valence-corrected chi connectivity index (χ0v) is 22.3. The molecule has 1 amide bonds. The monoisotopic (exact) mass is 542 g/mol. The van der Waals surface area contributed by atoms with Crippen LogP contribution in [0.15, 0.2) is 53.3 Å². The molecular formula is C30H31FN6O3. The number of imidazole rings is 1. The lowest BCUT2D eigenvalue weighted by atomic mass is 9.97. The molecule has 1 saturated carbocycles. The molecule has 2 aromatic carbocycles. The number of carbonyl (C=O) groups excluding carboxylic acids is 1. The molecule has 4 heterocycles. The molecule has 10 heteroatoms. The summed E-state index contributed by atoms with van der Waals surface area (Å²) in [5.74, 6) is 2.13. The minimum atomic E-state index is -0.672. The van der Waals surface area contributed by atoms with Gasteiger partial charge in [-0.1, -0.05) is 17.3 Å². The summed E-state index contributed by atoms with van der Waals surface area (Å²) in [5.41, 5.74) is 11.9. The van der Waals surface area contributed by atoms with E-state index in [1.165, 1.54) is 12.8 Å². The number of ether oxygens (including phenoxy) is 1. The third-order valence-electron chi connectivity index (χ3n) is 8.04. The lowest BCUT2D eigenvalue weighted by molar-refractivity contribution is 0.0725. The standard InChI is InChI=1S/C30H31FN6O3/c1-35-25-11-19-7-9-36(16-21(32)14-31)30(38)23(19)13-24(25)33-29(35)26-12-20-3-2-4-27(39-17-22-8-10-40-34-22)28(20)37(26)15-18-5-6-18/h2-4,8,10-13,18,21H,5-7,9,14-17,32H2,1H3/t21-/m1/s1. The molecule has 40 heavy (non-hydrogen) atoms. The highest BCUT2D eigenvalue weighted by molar-refractivity contribution is 6.01. The van der Waals surface area contributed by atoms with Gasteiger partial charge in [0.1, 0.15) is 31.0 Å². The second kappa shape index (κ2) is 9.78. The Morgan fingerprint density at radius 1 is 1.23 bits per heavy atom. The predicted octanol–water partition coefficient (Wildman–Crippen LogP) is 4.47. The van der Waals surface area contributed by atoms with Gasteiger partial charge in [0.05, 0.1) is 28.3 Å². The van der Waals surface area contributed by atoms with Crippen LogP contribution < -0.4 is 10.5 Å². The van der Waals surface area contributed by atoms with Crippen molar-refractivity contribution in [2.24, 2.45) is 18.7 Å². The van der Waals surface area contributed by atoms with E-state index < -0.39 is 12.7 Å². The number of para-hydroxylation sites is 1. The van der Waals surface area contributed by atoms with Crippen LogP contribution in [0.3, 0.4) is 0 Å². The van der Waals surface area contributed by atoms with E-state index >= 15 is 0 Å². The van der Waals surface area contributed by atoms with Crippen molar-refractivity contribution in [1.82, 2.24) is 24.2 Å². The van der Waals surface area contributed by atoms with Gasteiger partial charge in [-0.05, 0) is 55.0 Å². The normalized spacial score (nSPS) is 16.2. The summed E-state index contributed by atoms with van der Waals surface area (Å²) in [6.07, 6.45) is 4.66. The van der Waals surface area contributed by atoms with Crippen LogP contribution in [0.1, 0.15) is 34.5 Å². The van der Waals surface area contributed by atoms with Crippen molar-refractivity contribution in [3.8, 4) is 17.3 Å². The van der Waals surface area contributed by atoms with Gasteiger partial charge in [0.2, 0.25) is 0 Å². The Morgan fingerprint density at radius 2 is 2.10 bits per heavy atom. The Bertz CT molecular complexity index is 1720. The van der Waals surface area contributed by atoms with Crippen LogP contribution in [0.2, 0.25) is 0 Å². The maximum absolute atomic E-state index is 13.2. The quantitative estimate of drug-likeness (QED) is 0.295. The highest BCUT2D eigenvalue weighted by Crippen LogP contribution is 2.39. The molecule has 0 spiro atoms. The van der Waals surface area contributed by atoms with E-state index in [9.17, 15) is 9.18 Å². The summed E-state index contributed by atoms with van der Waals surface area (Å²) in [6.45, 7) is 1.29. The van der Waals surface area contributed by atoms with Crippen molar-refractivity contribution >= 4 is 27.8 Å². The smallest absolute Gasteiger partial charge is 0.254 e. The molecule has 1 atom stereocenters. The van der Waals surface area contributed by atoms with Crippen molar-refractivity contribution in [2.75, 3.05) is 19.8 Å². The van der Waals surface area contributed by atoms with Crippen LogP contribution in [0.5, 0.6) is 5.75 Å². The zero-order valence-electron chi connectivity index (χ0n) is 22.3. The molecule has 0 unspecified atom stereocenters. The third kappa shape index (κ3) is 4.32. The maximum Gasteiger partial charge on any atom is 0.254 e. The second-order valence-corrected chi connectivity index (χ2v) is 11.0. The average molecular weight is 543 g/mol. The van der Waals surface area contributed by atoms with Crippen molar-refractivity contribution in [3.05, 3.63) is 65.5 Å². The summed E-state index contributed by atoms with van der Waals surface area (Å²) in [7, 11) is 2.02. The third-order valence-corrected chi connectivity index (χ3v) is 8.04. The van der Waals surface area contributed by atoms with Gasteiger partial charge in [0, 0.05) is 43.7 Å². The number of alkyl halides is 1. The number of aryl methyl sites for hydroxylation is 1.